The van der Waals surface area contributed by atoms with E-state index in [9.17, 15) is 0 Å². The first kappa shape index (κ1) is 9.22. The van der Waals surface area contributed by atoms with Crippen LogP contribution in [0.4, 0.5) is 0 Å². The summed E-state index contributed by atoms with van der Waals surface area (Å²) in [6.45, 7) is 0.685. The van der Waals surface area contributed by atoms with Gasteiger partial charge in [-0.3, -0.25) is 0 Å². The fourth-order valence-electron chi connectivity index (χ4n) is 1.76. The molecular formula is C13H15N. The van der Waals surface area contributed by atoms with Crippen molar-refractivity contribution in [3.63, 3.8) is 0 Å². The summed E-state index contributed by atoms with van der Waals surface area (Å²) in [5.41, 5.74) is 9.61. The minimum absolute atomic E-state index is 0.685. The van der Waals surface area contributed by atoms with Crippen LogP contribution in [0.15, 0.2) is 48.1 Å². The summed E-state index contributed by atoms with van der Waals surface area (Å²) in [4.78, 5) is 0. The van der Waals surface area contributed by atoms with Crippen molar-refractivity contribution in [2.45, 2.75) is 12.8 Å². The Bertz CT molecular complexity index is 360. The average molecular weight is 185 g/mol. The predicted octanol–water partition coefficient (Wildman–Crippen LogP) is 2.75. The zero-order valence-electron chi connectivity index (χ0n) is 8.24. The molecule has 0 saturated heterocycles. The molecule has 1 heteroatoms. The van der Waals surface area contributed by atoms with Crippen molar-refractivity contribution in [1.82, 2.24) is 0 Å². The van der Waals surface area contributed by atoms with Crippen LogP contribution in [0.5, 0.6) is 0 Å². The van der Waals surface area contributed by atoms with Gasteiger partial charge in [-0.2, -0.15) is 0 Å². The Morgan fingerprint density at radius 2 is 1.93 bits per heavy atom. The minimum Gasteiger partial charge on any atom is -0.327 e. The first-order valence-corrected chi connectivity index (χ1v) is 5.05. The second-order valence-electron chi connectivity index (χ2n) is 3.57. The average Bonchev–Trinajstić information content (AvgIpc) is 2.30. The van der Waals surface area contributed by atoms with Gasteiger partial charge < -0.3 is 5.73 Å². The van der Waals surface area contributed by atoms with E-state index >= 15 is 0 Å². The lowest BCUT2D eigenvalue weighted by Gasteiger charge is -2.12. The summed E-state index contributed by atoms with van der Waals surface area (Å²) < 4.78 is 0. The van der Waals surface area contributed by atoms with E-state index in [0.29, 0.717) is 6.54 Å². The Hall–Kier alpha value is -1.34. The highest BCUT2D eigenvalue weighted by Gasteiger charge is 2.05. The fourth-order valence-corrected chi connectivity index (χ4v) is 1.76. The second kappa shape index (κ2) is 4.25. The van der Waals surface area contributed by atoms with E-state index in [2.05, 4.69) is 36.4 Å². The van der Waals surface area contributed by atoms with E-state index in [0.717, 1.165) is 12.8 Å². The van der Waals surface area contributed by atoms with Gasteiger partial charge in [0.05, 0.1) is 0 Å². The Labute approximate surface area is 84.9 Å². The summed E-state index contributed by atoms with van der Waals surface area (Å²) in [7, 11) is 0. The maximum atomic E-state index is 5.65. The molecule has 1 nitrogen and oxygen atoms in total. The van der Waals surface area contributed by atoms with E-state index in [-0.39, 0.29) is 0 Å². The highest BCUT2D eigenvalue weighted by atomic mass is 14.5. The van der Waals surface area contributed by atoms with Crippen LogP contribution in [0.3, 0.4) is 0 Å². The smallest absolute Gasteiger partial charge is 0.0140 e. The summed E-state index contributed by atoms with van der Waals surface area (Å²) in [5.74, 6) is 0. The topological polar surface area (TPSA) is 26.0 Å². The number of allylic oxidation sites excluding steroid dienone is 3. The van der Waals surface area contributed by atoms with E-state index in [1.165, 1.54) is 16.7 Å². The molecule has 72 valence electrons. The van der Waals surface area contributed by atoms with Crippen LogP contribution in [0.2, 0.25) is 0 Å². The minimum atomic E-state index is 0.685. The Morgan fingerprint density at radius 1 is 1.14 bits per heavy atom. The zero-order chi connectivity index (χ0) is 9.80. The molecule has 1 aliphatic carbocycles. The van der Waals surface area contributed by atoms with Gasteiger partial charge in [-0.1, -0.05) is 48.1 Å². The Kier molecular flexibility index (Phi) is 2.80. The zero-order valence-corrected chi connectivity index (χ0v) is 8.24. The van der Waals surface area contributed by atoms with E-state index in [1.807, 2.05) is 6.07 Å². The predicted molar refractivity (Wildman–Crippen MR) is 60.8 cm³/mol. The molecule has 14 heavy (non-hydrogen) atoms. The highest BCUT2D eigenvalue weighted by molar-refractivity contribution is 5.75. The molecule has 2 rings (SSSR count). The van der Waals surface area contributed by atoms with Crippen molar-refractivity contribution in [3.05, 3.63) is 53.6 Å². The third kappa shape index (κ3) is 1.94. The lowest BCUT2D eigenvalue weighted by Crippen LogP contribution is -2.05. The van der Waals surface area contributed by atoms with Gasteiger partial charge in [-0.15, -0.1) is 0 Å². The van der Waals surface area contributed by atoms with E-state index in [4.69, 9.17) is 5.73 Å². The summed E-state index contributed by atoms with van der Waals surface area (Å²) in [5, 5.41) is 0. The molecule has 1 aromatic carbocycles. The highest BCUT2D eigenvalue weighted by Crippen LogP contribution is 2.24. The van der Waals surface area contributed by atoms with E-state index < -0.39 is 0 Å². The van der Waals surface area contributed by atoms with Gasteiger partial charge in [0.1, 0.15) is 0 Å². The van der Waals surface area contributed by atoms with Crippen LogP contribution in [0.1, 0.15) is 18.4 Å². The van der Waals surface area contributed by atoms with Crippen molar-refractivity contribution in [1.29, 1.82) is 0 Å². The molecule has 0 aromatic heterocycles. The molecule has 1 aliphatic rings. The molecule has 0 aliphatic heterocycles. The third-order valence-corrected chi connectivity index (χ3v) is 2.56. The maximum absolute atomic E-state index is 5.65. The van der Waals surface area contributed by atoms with Crippen LogP contribution in [-0.2, 0) is 0 Å². The van der Waals surface area contributed by atoms with Crippen molar-refractivity contribution in [2.24, 2.45) is 5.73 Å². The van der Waals surface area contributed by atoms with Gasteiger partial charge >= 0.3 is 0 Å². The molecule has 0 heterocycles. The molecule has 1 aromatic rings. The van der Waals surface area contributed by atoms with E-state index in [1.54, 1.807) is 0 Å². The Balaban J connectivity index is 2.28. The number of rotatable bonds is 2. The molecule has 0 radical (unpaired) electrons. The molecule has 0 spiro atoms. The van der Waals surface area contributed by atoms with Crippen LogP contribution in [0.25, 0.3) is 5.57 Å². The van der Waals surface area contributed by atoms with Crippen LogP contribution in [0, 0.1) is 0 Å². The van der Waals surface area contributed by atoms with Gasteiger partial charge in [0, 0.05) is 6.54 Å². The van der Waals surface area contributed by atoms with Crippen molar-refractivity contribution in [2.75, 3.05) is 6.54 Å². The Morgan fingerprint density at radius 3 is 2.64 bits per heavy atom. The number of hydrogen-bond donors (Lipinski definition) is 1. The second-order valence-corrected chi connectivity index (χ2v) is 3.57. The number of nitrogens with two attached hydrogens (primary N) is 1. The standard InChI is InChI=1S/C13H15N/c14-10-11-5-4-8-13(9-11)12-6-2-1-3-7-12/h1-3,6-9H,4-5,10,14H2. The van der Waals surface area contributed by atoms with Crippen molar-refractivity contribution < 1.29 is 0 Å². The van der Waals surface area contributed by atoms with Crippen LogP contribution >= 0.6 is 0 Å². The lowest BCUT2D eigenvalue weighted by atomic mass is 9.95. The fraction of sp³-hybridized carbons (Fsp3) is 0.231. The molecule has 0 fully saturated rings. The van der Waals surface area contributed by atoms with Gasteiger partial charge in [-0.25, -0.2) is 0 Å². The van der Waals surface area contributed by atoms with Crippen molar-refractivity contribution >= 4 is 5.57 Å². The van der Waals surface area contributed by atoms with Crippen LogP contribution in [-0.4, -0.2) is 6.54 Å². The first-order valence-electron chi connectivity index (χ1n) is 5.05. The largest absolute Gasteiger partial charge is 0.327 e. The number of hydrogen-bond acceptors (Lipinski definition) is 1. The number of benzene rings is 1. The van der Waals surface area contributed by atoms with Crippen LogP contribution < -0.4 is 5.73 Å². The summed E-state index contributed by atoms with van der Waals surface area (Å²) >= 11 is 0. The molecule has 0 bridgehead atoms. The molecule has 0 saturated carbocycles. The normalized spacial score (nSPS) is 16.1. The third-order valence-electron chi connectivity index (χ3n) is 2.56. The quantitative estimate of drug-likeness (QED) is 0.753. The molecule has 0 atom stereocenters. The molecule has 0 amide bonds. The molecule has 2 N–H and O–H groups in total. The van der Waals surface area contributed by atoms with Gasteiger partial charge in [0.2, 0.25) is 0 Å². The lowest BCUT2D eigenvalue weighted by molar-refractivity contribution is 0.919. The van der Waals surface area contributed by atoms with Gasteiger partial charge in [0.15, 0.2) is 0 Å². The summed E-state index contributed by atoms with van der Waals surface area (Å²) in [6.07, 6.45) is 6.74. The molecule has 0 unspecified atom stereocenters. The molecular weight excluding hydrogens is 170 g/mol. The monoisotopic (exact) mass is 185 g/mol. The SMILES string of the molecule is NCC1=CC(c2ccccc2)=CCC1. The van der Waals surface area contributed by atoms with Crippen molar-refractivity contribution in [3.8, 4) is 0 Å². The maximum Gasteiger partial charge on any atom is 0.0140 e. The van der Waals surface area contributed by atoms with Gasteiger partial charge in [-0.05, 0) is 24.0 Å². The van der Waals surface area contributed by atoms with Gasteiger partial charge in [0.25, 0.3) is 0 Å². The first-order chi connectivity index (χ1) is 6.90. The summed E-state index contributed by atoms with van der Waals surface area (Å²) in [6, 6.07) is 10.5.